The molecule has 0 fully saturated rings. The Morgan fingerprint density at radius 2 is 2.08 bits per heavy atom. The molecular weight excluding hydrogens is 178 g/mol. The van der Waals surface area contributed by atoms with E-state index in [2.05, 4.69) is 35.5 Å². The fraction of sp³-hybridized carbons (Fsp3) is 0.182. The van der Waals surface area contributed by atoms with E-state index in [1.165, 1.54) is 10.9 Å². The van der Waals surface area contributed by atoms with E-state index >= 15 is 0 Å². The van der Waals surface area contributed by atoms with E-state index in [9.17, 15) is 0 Å². The van der Waals surface area contributed by atoms with Gasteiger partial charge in [0.25, 0.3) is 0 Å². The summed E-state index contributed by atoms with van der Waals surface area (Å²) in [5.74, 6) is 1.04. The zero-order chi connectivity index (χ0) is 9.10. The highest BCUT2D eigenvalue weighted by Gasteiger charge is 1.99. The lowest BCUT2D eigenvalue weighted by molar-refractivity contribution is 1.35. The van der Waals surface area contributed by atoms with Gasteiger partial charge in [-0.3, -0.25) is 4.98 Å². The molecule has 0 aliphatic rings. The summed E-state index contributed by atoms with van der Waals surface area (Å²) in [6.07, 6.45) is 3.97. The molecule has 1 nitrogen and oxygen atoms in total. The fourth-order valence-corrected chi connectivity index (χ4v) is 1.98. The quantitative estimate of drug-likeness (QED) is 0.720. The average Bonchev–Trinajstić information content (AvgIpc) is 2.19. The van der Waals surface area contributed by atoms with Gasteiger partial charge in [-0.25, -0.2) is 0 Å². The molecule has 0 saturated heterocycles. The lowest BCUT2D eigenvalue weighted by Gasteiger charge is -2.02. The number of hydrogen-bond acceptors (Lipinski definition) is 2. The second kappa shape index (κ2) is 3.79. The van der Waals surface area contributed by atoms with E-state index in [-0.39, 0.29) is 0 Å². The smallest absolute Gasteiger partial charge is 0.0742 e. The van der Waals surface area contributed by atoms with Crippen LogP contribution in [0.5, 0.6) is 0 Å². The van der Waals surface area contributed by atoms with Crippen LogP contribution in [0.2, 0.25) is 0 Å². The third-order valence-corrected chi connectivity index (χ3v) is 2.62. The topological polar surface area (TPSA) is 12.9 Å². The monoisotopic (exact) mass is 189 g/mol. The number of fused-ring (bicyclic) bond motifs is 1. The Morgan fingerprint density at radius 3 is 2.92 bits per heavy atom. The minimum absolute atomic E-state index is 1.04. The molecule has 1 aromatic carbocycles. The molecule has 0 aliphatic heterocycles. The molecular formula is C11H11NS. The highest BCUT2D eigenvalue weighted by Crippen LogP contribution is 2.19. The van der Waals surface area contributed by atoms with Crippen LogP contribution in [0, 0.1) is 0 Å². The minimum atomic E-state index is 1.04. The molecule has 0 unspecified atom stereocenters. The van der Waals surface area contributed by atoms with Crippen molar-refractivity contribution in [1.82, 2.24) is 4.98 Å². The molecule has 2 heteroatoms. The summed E-state index contributed by atoms with van der Waals surface area (Å²) >= 11 is 1.83. The summed E-state index contributed by atoms with van der Waals surface area (Å²) in [5.41, 5.74) is 2.46. The normalized spacial score (nSPS) is 10.5. The second-order valence-corrected chi connectivity index (χ2v) is 3.79. The summed E-state index contributed by atoms with van der Waals surface area (Å²) in [5, 5.41) is 1.23. The van der Waals surface area contributed by atoms with Gasteiger partial charge in [0.05, 0.1) is 5.52 Å². The zero-order valence-electron chi connectivity index (χ0n) is 7.53. The van der Waals surface area contributed by atoms with E-state index < -0.39 is 0 Å². The van der Waals surface area contributed by atoms with E-state index in [1.54, 1.807) is 0 Å². The van der Waals surface area contributed by atoms with Crippen molar-refractivity contribution in [3.8, 4) is 0 Å². The molecule has 0 aliphatic carbocycles. The van der Waals surface area contributed by atoms with Crippen LogP contribution < -0.4 is 0 Å². The molecule has 0 amide bonds. The first-order chi connectivity index (χ1) is 6.42. The molecule has 2 rings (SSSR count). The van der Waals surface area contributed by atoms with Crippen molar-refractivity contribution < 1.29 is 0 Å². The van der Waals surface area contributed by atoms with Gasteiger partial charge in [0.1, 0.15) is 0 Å². The van der Waals surface area contributed by atoms with Gasteiger partial charge in [-0.1, -0.05) is 24.3 Å². The van der Waals surface area contributed by atoms with Crippen molar-refractivity contribution in [3.05, 3.63) is 42.1 Å². The van der Waals surface area contributed by atoms with Crippen LogP contribution in [-0.4, -0.2) is 11.2 Å². The zero-order valence-corrected chi connectivity index (χ0v) is 8.34. The van der Waals surface area contributed by atoms with Crippen LogP contribution in [0.1, 0.15) is 5.56 Å². The van der Waals surface area contributed by atoms with Crippen molar-refractivity contribution in [2.45, 2.75) is 5.75 Å². The molecule has 2 aromatic rings. The van der Waals surface area contributed by atoms with E-state index in [1.807, 2.05) is 24.0 Å². The summed E-state index contributed by atoms with van der Waals surface area (Å²) in [7, 11) is 0. The van der Waals surface area contributed by atoms with Crippen molar-refractivity contribution in [2.24, 2.45) is 0 Å². The first kappa shape index (κ1) is 8.57. The Morgan fingerprint density at radius 1 is 1.23 bits per heavy atom. The summed E-state index contributed by atoms with van der Waals surface area (Å²) in [6, 6.07) is 10.4. The van der Waals surface area contributed by atoms with Crippen molar-refractivity contribution in [3.63, 3.8) is 0 Å². The maximum Gasteiger partial charge on any atom is 0.0742 e. The van der Waals surface area contributed by atoms with E-state index in [0.717, 1.165) is 11.3 Å². The number of para-hydroxylation sites is 1. The van der Waals surface area contributed by atoms with Crippen LogP contribution in [0.4, 0.5) is 0 Å². The van der Waals surface area contributed by atoms with E-state index in [4.69, 9.17) is 0 Å². The highest BCUT2D eigenvalue weighted by atomic mass is 32.2. The van der Waals surface area contributed by atoms with Gasteiger partial charge < -0.3 is 0 Å². The fourth-order valence-electron chi connectivity index (χ4n) is 1.44. The molecule has 0 radical (unpaired) electrons. The number of thioether (sulfide) groups is 1. The second-order valence-electron chi connectivity index (χ2n) is 2.93. The predicted octanol–water partition coefficient (Wildman–Crippen LogP) is 3.10. The largest absolute Gasteiger partial charge is 0.256 e. The van der Waals surface area contributed by atoms with Crippen molar-refractivity contribution in [2.75, 3.05) is 6.26 Å². The molecule has 1 heterocycles. The highest BCUT2D eigenvalue weighted by molar-refractivity contribution is 7.97. The number of aromatic nitrogens is 1. The SMILES string of the molecule is CSCc1cccc2cccnc12. The van der Waals surface area contributed by atoms with Gasteiger partial charge in [0.2, 0.25) is 0 Å². The maximum atomic E-state index is 4.39. The van der Waals surface area contributed by atoms with Crippen LogP contribution in [-0.2, 0) is 5.75 Å². The Kier molecular flexibility index (Phi) is 2.50. The lowest BCUT2D eigenvalue weighted by atomic mass is 10.1. The molecule has 0 N–H and O–H groups in total. The molecule has 1 aromatic heterocycles. The lowest BCUT2D eigenvalue weighted by Crippen LogP contribution is -1.85. The minimum Gasteiger partial charge on any atom is -0.256 e. The average molecular weight is 189 g/mol. The number of hydrogen-bond donors (Lipinski definition) is 0. The molecule has 0 saturated carbocycles. The number of benzene rings is 1. The third-order valence-electron chi connectivity index (χ3n) is 2.02. The number of nitrogens with zero attached hydrogens (tertiary/aromatic N) is 1. The van der Waals surface area contributed by atoms with Gasteiger partial charge in [-0.05, 0) is 17.9 Å². The first-order valence-electron chi connectivity index (χ1n) is 4.23. The van der Waals surface area contributed by atoms with Crippen molar-refractivity contribution >= 4 is 22.7 Å². The van der Waals surface area contributed by atoms with Crippen LogP contribution in [0.25, 0.3) is 10.9 Å². The maximum absolute atomic E-state index is 4.39. The van der Waals surface area contributed by atoms with E-state index in [0.29, 0.717) is 0 Å². The van der Waals surface area contributed by atoms with Gasteiger partial charge in [-0.2, -0.15) is 11.8 Å². The Bertz CT molecular complexity index is 406. The van der Waals surface area contributed by atoms with Gasteiger partial charge >= 0.3 is 0 Å². The summed E-state index contributed by atoms with van der Waals surface area (Å²) < 4.78 is 0. The van der Waals surface area contributed by atoms with Crippen LogP contribution >= 0.6 is 11.8 Å². The van der Waals surface area contributed by atoms with Crippen LogP contribution in [0.15, 0.2) is 36.5 Å². The molecule has 13 heavy (non-hydrogen) atoms. The molecule has 0 atom stereocenters. The summed E-state index contributed by atoms with van der Waals surface area (Å²) in [6.45, 7) is 0. The Hall–Kier alpha value is -1.02. The first-order valence-corrected chi connectivity index (χ1v) is 5.63. The molecule has 0 spiro atoms. The summed E-state index contributed by atoms with van der Waals surface area (Å²) in [4.78, 5) is 4.39. The third kappa shape index (κ3) is 1.68. The standard InChI is InChI=1S/C11H11NS/c1-13-8-10-5-2-4-9-6-3-7-12-11(9)10/h2-7H,8H2,1H3. The Labute approximate surface area is 82.2 Å². The van der Waals surface area contributed by atoms with Crippen molar-refractivity contribution in [1.29, 1.82) is 0 Å². The van der Waals surface area contributed by atoms with Gasteiger partial charge in [-0.15, -0.1) is 0 Å². The van der Waals surface area contributed by atoms with Gasteiger partial charge in [0, 0.05) is 17.3 Å². The van der Waals surface area contributed by atoms with Gasteiger partial charge in [0.15, 0.2) is 0 Å². The predicted molar refractivity (Wildman–Crippen MR) is 59.0 cm³/mol. The Balaban J connectivity index is 2.61. The molecule has 66 valence electrons. The number of pyridine rings is 1. The number of rotatable bonds is 2. The van der Waals surface area contributed by atoms with Crippen LogP contribution in [0.3, 0.4) is 0 Å². The molecule has 0 bridgehead atoms.